The second-order valence-corrected chi connectivity index (χ2v) is 5.85. The van der Waals surface area contributed by atoms with Gasteiger partial charge in [-0.05, 0) is 35.9 Å². The average molecular weight is 286 g/mol. The Kier molecular flexibility index (Phi) is 2.20. The number of hydrogen-bond donors (Lipinski definition) is 1. The van der Waals surface area contributed by atoms with Crippen LogP contribution in [0.2, 0.25) is 0 Å². The molecule has 1 aromatic heterocycles. The van der Waals surface area contributed by atoms with Crippen molar-refractivity contribution < 1.29 is 4.74 Å². The van der Waals surface area contributed by atoms with E-state index in [2.05, 4.69) is 52.8 Å². The van der Waals surface area contributed by atoms with Gasteiger partial charge in [-0.1, -0.05) is 36.4 Å². The summed E-state index contributed by atoms with van der Waals surface area (Å²) >= 11 is 0. The molecule has 2 aliphatic heterocycles. The van der Waals surface area contributed by atoms with Crippen molar-refractivity contribution >= 4 is 22.7 Å². The van der Waals surface area contributed by atoms with E-state index in [-0.39, 0.29) is 0 Å². The van der Waals surface area contributed by atoms with Crippen LogP contribution >= 0.6 is 0 Å². The van der Waals surface area contributed by atoms with Gasteiger partial charge < -0.3 is 10.1 Å². The second-order valence-electron chi connectivity index (χ2n) is 5.85. The highest BCUT2D eigenvalue weighted by atomic mass is 16.5. The Balaban J connectivity index is 1.60. The number of hydrogen-bond acceptors (Lipinski definition) is 3. The highest BCUT2D eigenvalue weighted by molar-refractivity contribution is 5.82. The number of pyridine rings is 1. The lowest BCUT2D eigenvalue weighted by atomic mass is 10.0. The van der Waals surface area contributed by atoms with Gasteiger partial charge in [0.1, 0.15) is 11.4 Å². The Labute approximate surface area is 128 Å². The molecule has 1 atom stereocenters. The number of nitrogens with zero attached hydrogens (tertiary/aromatic N) is 1. The average Bonchev–Trinajstić information content (AvgIpc) is 2.90. The van der Waals surface area contributed by atoms with Crippen LogP contribution in [0.5, 0.6) is 5.75 Å². The topological polar surface area (TPSA) is 34.1 Å². The van der Waals surface area contributed by atoms with Crippen LogP contribution in [0, 0.1) is 0 Å². The Morgan fingerprint density at radius 3 is 2.86 bits per heavy atom. The highest BCUT2D eigenvalue weighted by Crippen LogP contribution is 2.39. The predicted molar refractivity (Wildman–Crippen MR) is 87.9 cm³/mol. The maximum atomic E-state index is 6.31. The van der Waals surface area contributed by atoms with Crippen LogP contribution in [0.4, 0.5) is 5.69 Å². The van der Waals surface area contributed by atoms with Crippen molar-refractivity contribution in [3.63, 3.8) is 0 Å². The zero-order valence-electron chi connectivity index (χ0n) is 11.9. The van der Waals surface area contributed by atoms with Gasteiger partial charge in [0.05, 0.1) is 5.52 Å². The number of para-hydroxylation sites is 2. The predicted octanol–water partition coefficient (Wildman–Crippen LogP) is 4.00. The second kappa shape index (κ2) is 4.10. The fourth-order valence-corrected chi connectivity index (χ4v) is 3.27. The molecule has 0 saturated carbocycles. The number of benzene rings is 2. The van der Waals surface area contributed by atoms with Crippen LogP contribution in [0.3, 0.4) is 0 Å². The molecule has 0 fully saturated rings. The Bertz CT molecular complexity index is 905. The van der Waals surface area contributed by atoms with E-state index in [0.29, 0.717) is 0 Å². The van der Waals surface area contributed by atoms with Crippen molar-refractivity contribution in [2.24, 2.45) is 0 Å². The van der Waals surface area contributed by atoms with Gasteiger partial charge in [0.25, 0.3) is 0 Å². The van der Waals surface area contributed by atoms with Gasteiger partial charge in [-0.25, -0.2) is 4.98 Å². The van der Waals surface area contributed by atoms with Crippen molar-refractivity contribution in [2.45, 2.75) is 12.1 Å². The number of ether oxygens (including phenoxy) is 1. The SMILES string of the molecule is C1=CC2(Cc3ccccc3N2)Oc2cc3ccccc3nc21. The van der Waals surface area contributed by atoms with Crippen molar-refractivity contribution in [3.05, 3.63) is 71.9 Å². The Hall–Kier alpha value is -2.81. The van der Waals surface area contributed by atoms with E-state index < -0.39 is 5.72 Å². The minimum absolute atomic E-state index is 0.485. The Morgan fingerprint density at radius 1 is 1.05 bits per heavy atom. The van der Waals surface area contributed by atoms with Crippen LogP contribution in [0.15, 0.2) is 60.7 Å². The minimum Gasteiger partial charge on any atom is -0.462 e. The number of aromatic nitrogens is 1. The molecule has 0 amide bonds. The maximum absolute atomic E-state index is 6.31. The van der Waals surface area contributed by atoms with Crippen LogP contribution in [0.25, 0.3) is 17.0 Å². The zero-order valence-corrected chi connectivity index (χ0v) is 11.9. The van der Waals surface area contributed by atoms with Gasteiger partial charge >= 0.3 is 0 Å². The molecule has 2 aromatic carbocycles. The first kappa shape index (κ1) is 11.8. The molecule has 5 rings (SSSR count). The molecule has 3 heteroatoms. The molecular formula is C19H14N2O. The van der Waals surface area contributed by atoms with E-state index in [1.807, 2.05) is 24.3 Å². The molecule has 0 radical (unpaired) electrons. The molecule has 0 aliphatic carbocycles. The fourth-order valence-electron chi connectivity index (χ4n) is 3.27. The summed E-state index contributed by atoms with van der Waals surface area (Å²) in [5.41, 5.74) is 3.82. The standard InChI is InChI=1S/C19H14N2O/c1-3-7-15-13(5-1)11-18-17(20-15)9-10-19(22-18)12-14-6-2-4-8-16(14)21-19/h1-11,21H,12H2. The first-order valence-corrected chi connectivity index (χ1v) is 7.46. The summed E-state index contributed by atoms with van der Waals surface area (Å²) < 4.78 is 6.31. The lowest BCUT2D eigenvalue weighted by Gasteiger charge is -2.31. The third-order valence-electron chi connectivity index (χ3n) is 4.34. The summed E-state index contributed by atoms with van der Waals surface area (Å²) in [4.78, 5) is 4.68. The summed E-state index contributed by atoms with van der Waals surface area (Å²) in [6.07, 6.45) is 4.97. The van der Waals surface area contributed by atoms with Gasteiger partial charge in [0.2, 0.25) is 5.72 Å². The summed E-state index contributed by atoms with van der Waals surface area (Å²) in [6, 6.07) is 18.5. The Morgan fingerprint density at radius 2 is 1.91 bits per heavy atom. The van der Waals surface area contributed by atoms with Crippen molar-refractivity contribution in [1.29, 1.82) is 0 Å². The number of rotatable bonds is 0. The lowest BCUT2D eigenvalue weighted by molar-refractivity contribution is 0.155. The molecule has 0 saturated heterocycles. The largest absolute Gasteiger partial charge is 0.462 e. The van der Waals surface area contributed by atoms with Crippen LogP contribution < -0.4 is 10.1 Å². The number of nitrogens with one attached hydrogen (secondary N) is 1. The molecule has 3 nitrogen and oxygen atoms in total. The molecule has 22 heavy (non-hydrogen) atoms. The van der Waals surface area contributed by atoms with Crippen LogP contribution in [-0.2, 0) is 6.42 Å². The summed E-state index contributed by atoms with van der Waals surface area (Å²) in [5.74, 6) is 0.835. The fraction of sp³-hybridized carbons (Fsp3) is 0.105. The van der Waals surface area contributed by atoms with Gasteiger partial charge in [-0.15, -0.1) is 0 Å². The van der Waals surface area contributed by atoms with Crippen LogP contribution in [-0.4, -0.2) is 10.7 Å². The maximum Gasteiger partial charge on any atom is 0.204 e. The third kappa shape index (κ3) is 1.65. The molecule has 3 heterocycles. The molecule has 3 aromatic rings. The first-order chi connectivity index (χ1) is 10.8. The summed E-state index contributed by atoms with van der Waals surface area (Å²) in [5, 5.41) is 4.60. The quantitative estimate of drug-likeness (QED) is 0.678. The zero-order chi connectivity index (χ0) is 14.6. The van der Waals surface area contributed by atoms with Crippen LogP contribution in [0.1, 0.15) is 11.3 Å². The monoisotopic (exact) mass is 286 g/mol. The summed E-state index contributed by atoms with van der Waals surface area (Å²) in [7, 11) is 0. The first-order valence-electron chi connectivity index (χ1n) is 7.46. The van der Waals surface area contributed by atoms with E-state index in [0.717, 1.165) is 34.5 Å². The molecular weight excluding hydrogens is 272 g/mol. The van der Waals surface area contributed by atoms with E-state index in [1.165, 1.54) is 5.56 Å². The van der Waals surface area contributed by atoms with Gasteiger partial charge in [0.15, 0.2) is 0 Å². The number of fused-ring (bicyclic) bond motifs is 3. The van der Waals surface area contributed by atoms with E-state index >= 15 is 0 Å². The van der Waals surface area contributed by atoms with Gasteiger partial charge in [0, 0.05) is 17.5 Å². The van der Waals surface area contributed by atoms with Crippen molar-refractivity contribution in [3.8, 4) is 5.75 Å². The van der Waals surface area contributed by atoms with E-state index in [1.54, 1.807) is 0 Å². The molecule has 1 unspecified atom stereocenters. The molecule has 106 valence electrons. The lowest BCUT2D eigenvalue weighted by Crippen LogP contribution is -2.42. The summed E-state index contributed by atoms with van der Waals surface area (Å²) in [6.45, 7) is 0. The van der Waals surface area contributed by atoms with Gasteiger partial charge in [-0.3, -0.25) is 0 Å². The van der Waals surface area contributed by atoms with E-state index in [4.69, 9.17) is 4.74 Å². The molecule has 1 spiro atoms. The number of anilines is 1. The van der Waals surface area contributed by atoms with E-state index in [9.17, 15) is 0 Å². The van der Waals surface area contributed by atoms with Crippen molar-refractivity contribution in [1.82, 2.24) is 4.98 Å². The smallest absolute Gasteiger partial charge is 0.204 e. The molecule has 2 aliphatic rings. The molecule has 0 bridgehead atoms. The molecule has 1 N–H and O–H groups in total. The normalized spacial score (nSPS) is 21.3. The van der Waals surface area contributed by atoms with Gasteiger partial charge in [-0.2, -0.15) is 0 Å². The minimum atomic E-state index is -0.485. The van der Waals surface area contributed by atoms with Crippen molar-refractivity contribution in [2.75, 3.05) is 5.32 Å². The highest BCUT2D eigenvalue weighted by Gasteiger charge is 2.39. The third-order valence-corrected chi connectivity index (χ3v) is 4.34.